The van der Waals surface area contributed by atoms with E-state index in [4.69, 9.17) is 4.74 Å². The van der Waals surface area contributed by atoms with Crippen molar-refractivity contribution in [2.24, 2.45) is 0 Å². The van der Waals surface area contributed by atoms with Crippen LogP contribution in [0.25, 0.3) is 20.5 Å². The van der Waals surface area contributed by atoms with Crippen LogP contribution in [0.15, 0.2) is 66.7 Å². The van der Waals surface area contributed by atoms with Gasteiger partial charge in [0.2, 0.25) is 5.91 Å². The van der Waals surface area contributed by atoms with E-state index in [1.807, 2.05) is 4.90 Å². The lowest BCUT2D eigenvalue weighted by atomic mass is 9.97. The highest BCUT2D eigenvalue weighted by molar-refractivity contribution is 7.22. The maximum atomic E-state index is 13.6. The molecule has 0 unspecified atom stereocenters. The standard InChI is InChI=1S/C27H23NO5S/c29-19-7-3-18(4-8-19)27-25(22-12-9-20(30)16-23(22)34-27)26(32)17-5-10-21(11-6-17)33-15-14-28-13-1-2-24(28)31/h3-12,16,29-30H,1-2,13-15H2. The third-order valence-electron chi connectivity index (χ3n) is 5.95. The van der Waals surface area contributed by atoms with Gasteiger partial charge < -0.3 is 19.8 Å². The number of rotatable bonds is 7. The lowest BCUT2D eigenvalue weighted by Crippen LogP contribution is -2.29. The first-order chi connectivity index (χ1) is 16.5. The van der Waals surface area contributed by atoms with Gasteiger partial charge in [0.25, 0.3) is 0 Å². The zero-order valence-electron chi connectivity index (χ0n) is 18.4. The molecule has 5 rings (SSSR count). The number of likely N-dealkylation sites (tertiary alicyclic amines) is 1. The van der Waals surface area contributed by atoms with Crippen LogP contribution in [0.1, 0.15) is 28.8 Å². The summed E-state index contributed by atoms with van der Waals surface area (Å²) >= 11 is 1.43. The van der Waals surface area contributed by atoms with Crippen molar-refractivity contribution in [1.29, 1.82) is 0 Å². The van der Waals surface area contributed by atoms with E-state index in [-0.39, 0.29) is 23.2 Å². The molecule has 34 heavy (non-hydrogen) atoms. The number of aromatic hydroxyl groups is 2. The molecule has 1 aliphatic heterocycles. The molecule has 2 N–H and O–H groups in total. The van der Waals surface area contributed by atoms with E-state index in [1.54, 1.807) is 66.7 Å². The van der Waals surface area contributed by atoms with Crippen LogP contribution in [-0.4, -0.2) is 46.5 Å². The van der Waals surface area contributed by atoms with Gasteiger partial charge >= 0.3 is 0 Å². The number of benzene rings is 3. The number of phenolic OH excluding ortho intramolecular Hbond substituents is 2. The van der Waals surface area contributed by atoms with Gasteiger partial charge in [0.05, 0.1) is 6.54 Å². The molecule has 172 valence electrons. The Balaban J connectivity index is 1.40. The van der Waals surface area contributed by atoms with E-state index in [2.05, 4.69) is 0 Å². The fourth-order valence-electron chi connectivity index (χ4n) is 4.19. The van der Waals surface area contributed by atoms with E-state index < -0.39 is 0 Å². The fourth-order valence-corrected chi connectivity index (χ4v) is 5.43. The Bertz CT molecular complexity index is 1360. The summed E-state index contributed by atoms with van der Waals surface area (Å²) in [5, 5.41) is 20.4. The summed E-state index contributed by atoms with van der Waals surface area (Å²) in [6.45, 7) is 1.75. The van der Waals surface area contributed by atoms with Crippen molar-refractivity contribution >= 4 is 33.1 Å². The van der Waals surface area contributed by atoms with Crippen LogP contribution in [0.3, 0.4) is 0 Å². The molecule has 3 aromatic carbocycles. The van der Waals surface area contributed by atoms with Gasteiger partial charge in [0.1, 0.15) is 23.9 Å². The normalized spacial score (nSPS) is 13.5. The lowest BCUT2D eigenvalue weighted by Gasteiger charge is -2.15. The van der Waals surface area contributed by atoms with Gasteiger partial charge in [0.15, 0.2) is 5.78 Å². The minimum atomic E-state index is -0.130. The number of ketones is 1. The molecule has 0 aliphatic carbocycles. The van der Waals surface area contributed by atoms with Crippen LogP contribution >= 0.6 is 11.3 Å². The summed E-state index contributed by atoms with van der Waals surface area (Å²) in [6.07, 6.45) is 1.51. The Morgan fingerprint density at radius 2 is 1.71 bits per heavy atom. The van der Waals surface area contributed by atoms with E-state index in [9.17, 15) is 19.8 Å². The summed E-state index contributed by atoms with van der Waals surface area (Å²) in [7, 11) is 0. The van der Waals surface area contributed by atoms with Crippen molar-refractivity contribution < 1.29 is 24.5 Å². The van der Waals surface area contributed by atoms with Crippen LogP contribution < -0.4 is 4.74 Å². The van der Waals surface area contributed by atoms with Gasteiger partial charge in [-0.15, -0.1) is 11.3 Å². The van der Waals surface area contributed by atoms with Crippen LogP contribution in [0.4, 0.5) is 0 Å². The minimum absolute atomic E-state index is 0.130. The summed E-state index contributed by atoms with van der Waals surface area (Å²) in [4.78, 5) is 27.9. The van der Waals surface area contributed by atoms with Crippen molar-refractivity contribution in [3.05, 3.63) is 77.9 Å². The molecule has 1 aromatic heterocycles. The van der Waals surface area contributed by atoms with Crippen molar-refractivity contribution in [2.75, 3.05) is 19.7 Å². The number of ether oxygens (including phenoxy) is 1. The van der Waals surface area contributed by atoms with Gasteiger partial charge in [-0.2, -0.15) is 0 Å². The third kappa shape index (κ3) is 4.34. The van der Waals surface area contributed by atoms with Gasteiger partial charge in [-0.1, -0.05) is 0 Å². The summed E-state index contributed by atoms with van der Waals surface area (Å²) < 4.78 is 6.58. The molecule has 0 bridgehead atoms. The molecular weight excluding hydrogens is 450 g/mol. The molecule has 0 saturated carbocycles. The highest BCUT2D eigenvalue weighted by atomic mass is 32.1. The van der Waals surface area contributed by atoms with Gasteiger partial charge in [-0.3, -0.25) is 9.59 Å². The number of phenols is 2. The van der Waals surface area contributed by atoms with E-state index in [0.29, 0.717) is 36.4 Å². The Kier molecular flexibility index (Phi) is 5.94. The molecule has 0 radical (unpaired) electrons. The molecule has 0 atom stereocenters. The maximum absolute atomic E-state index is 13.6. The number of amides is 1. The molecule has 0 spiro atoms. The smallest absolute Gasteiger partial charge is 0.222 e. The number of fused-ring (bicyclic) bond motifs is 1. The van der Waals surface area contributed by atoms with Crippen LogP contribution in [-0.2, 0) is 4.79 Å². The molecule has 2 heterocycles. The van der Waals surface area contributed by atoms with E-state index in [1.165, 1.54) is 11.3 Å². The molecule has 6 nitrogen and oxygen atoms in total. The summed E-state index contributed by atoms with van der Waals surface area (Å²) in [5.74, 6) is 0.976. The zero-order chi connectivity index (χ0) is 23.7. The Morgan fingerprint density at radius 1 is 0.971 bits per heavy atom. The topological polar surface area (TPSA) is 87.1 Å². The second kappa shape index (κ2) is 9.19. The van der Waals surface area contributed by atoms with Crippen LogP contribution in [0, 0.1) is 0 Å². The average molecular weight is 474 g/mol. The number of thiophene rings is 1. The van der Waals surface area contributed by atoms with Gasteiger partial charge in [-0.05, 0) is 78.7 Å². The number of carbonyl (C=O) groups is 2. The van der Waals surface area contributed by atoms with Crippen molar-refractivity contribution in [1.82, 2.24) is 4.90 Å². The van der Waals surface area contributed by atoms with Crippen LogP contribution in [0.2, 0.25) is 0 Å². The Labute approximate surface area is 200 Å². The third-order valence-corrected chi connectivity index (χ3v) is 7.15. The van der Waals surface area contributed by atoms with Crippen LogP contribution in [0.5, 0.6) is 17.2 Å². The largest absolute Gasteiger partial charge is 0.508 e. The van der Waals surface area contributed by atoms with E-state index in [0.717, 1.165) is 33.5 Å². The second-order valence-corrected chi connectivity index (χ2v) is 9.27. The Morgan fingerprint density at radius 3 is 2.41 bits per heavy atom. The average Bonchev–Trinajstić information content (AvgIpc) is 3.42. The fraction of sp³-hybridized carbons (Fsp3) is 0.185. The van der Waals surface area contributed by atoms with Crippen molar-refractivity contribution in [3.8, 4) is 27.7 Å². The highest BCUT2D eigenvalue weighted by Gasteiger charge is 2.22. The first-order valence-electron chi connectivity index (χ1n) is 11.1. The second-order valence-electron chi connectivity index (χ2n) is 8.22. The number of carbonyl (C=O) groups excluding carboxylic acids is 2. The highest BCUT2D eigenvalue weighted by Crippen LogP contribution is 2.41. The minimum Gasteiger partial charge on any atom is -0.508 e. The molecule has 1 aliphatic rings. The number of nitrogens with zero attached hydrogens (tertiary/aromatic N) is 1. The Hall–Kier alpha value is -3.84. The lowest BCUT2D eigenvalue weighted by molar-refractivity contribution is -0.128. The van der Waals surface area contributed by atoms with Gasteiger partial charge in [-0.25, -0.2) is 0 Å². The number of hydrogen-bond acceptors (Lipinski definition) is 6. The predicted octanol–water partition coefficient (Wildman–Crippen LogP) is 5.21. The van der Waals surface area contributed by atoms with Crippen molar-refractivity contribution in [3.63, 3.8) is 0 Å². The molecule has 1 saturated heterocycles. The summed E-state index contributed by atoms with van der Waals surface area (Å²) in [5.41, 5.74) is 1.90. The molecular formula is C27H23NO5S. The maximum Gasteiger partial charge on any atom is 0.222 e. The molecule has 4 aromatic rings. The summed E-state index contributed by atoms with van der Waals surface area (Å²) in [6, 6.07) is 18.7. The van der Waals surface area contributed by atoms with Crippen molar-refractivity contribution in [2.45, 2.75) is 12.8 Å². The SMILES string of the molecule is O=C(c1ccc(OCCN2CCCC2=O)cc1)c1c(-c2ccc(O)cc2)sc2cc(O)ccc12. The number of hydrogen-bond donors (Lipinski definition) is 2. The first-order valence-corrected chi connectivity index (χ1v) is 11.9. The van der Waals surface area contributed by atoms with Gasteiger partial charge in [0, 0.05) is 39.1 Å². The predicted molar refractivity (Wildman–Crippen MR) is 132 cm³/mol. The first kappa shape index (κ1) is 22.0. The molecule has 7 heteroatoms. The monoisotopic (exact) mass is 473 g/mol. The quantitative estimate of drug-likeness (QED) is 0.360. The van der Waals surface area contributed by atoms with E-state index >= 15 is 0 Å². The molecule has 1 fully saturated rings. The molecule has 1 amide bonds. The zero-order valence-corrected chi connectivity index (χ0v) is 19.2.